The second kappa shape index (κ2) is 2.63. The Bertz CT molecular complexity index is 340. The first-order chi connectivity index (χ1) is 5.06. The zero-order valence-electron chi connectivity index (χ0n) is 6.27. The van der Waals surface area contributed by atoms with E-state index in [4.69, 9.17) is 0 Å². The van der Waals surface area contributed by atoms with Gasteiger partial charge >= 0.3 is 0 Å². The highest BCUT2D eigenvalue weighted by atomic mass is 32.2. The van der Waals surface area contributed by atoms with E-state index >= 15 is 0 Å². The van der Waals surface area contributed by atoms with E-state index in [1.54, 1.807) is 13.2 Å². The molecule has 0 aliphatic heterocycles. The highest BCUT2D eigenvalue weighted by Gasteiger charge is 2.13. The molecule has 0 aliphatic rings. The molecule has 5 nitrogen and oxygen atoms in total. The summed E-state index contributed by atoms with van der Waals surface area (Å²) >= 11 is 0. The first kappa shape index (κ1) is 8.22. The van der Waals surface area contributed by atoms with E-state index in [-0.39, 0.29) is 5.03 Å². The fourth-order valence-corrected chi connectivity index (χ4v) is 1.33. The minimum Gasteiger partial charge on any atom is -0.274 e. The summed E-state index contributed by atoms with van der Waals surface area (Å²) in [5.74, 6) is 0. The molecule has 0 amide bonds. The molecule has 0 saturated heterocycles. The average molecular weight is 175 g/mol. The summed E-state index contributed by atoms with van der Waals surface area (Å²) in [4.78, 5) is 0. The van der Waals surface area contributed by atoms with Crippen LogP contribution in [0.1, 0.15) is 0 Å². The van der Waals surface area contributed by atoms with Crippen molar-refractivity contribution in [3.05, 3.63) is 12.3 Å². The quantitative estimate of drug-likeness (QED) is 0.648. The Labute approximate surface area is 65.1 Å². The molecule has 0 spiro atoms. The van der Waals surface area contributed by atoms with Crippen LogP contribution >= 0.6 is 0 Å². The Morgan fingerprint density at radius 3 is 2.64 bits per heavy atom. The van der Waals surface area contributed by atoms with Crippen LogP contribution in [0.2, 0.25) is 0 Å². The zero-order chi connectivity index (χ0) is 8.48. The normalized spacial score (nSPS) is 11.8. The van der Waals surface area contributed by atoms with E-state index in [2.05, 4.69) is 9.82 Å². The molecular formula is C5H9N3O2S. The van der Waals surface area contributed by atoms with Crippen LogP contribution in [0, 0.1) is 0 Å². The zero-order valence-corrected chi connectivity index (χ0v) is 7.09. The van der Waals surface area contributed by atoms with Gasteiger partial charge < -0.3 is 0 Å². The molecule has 0 atom stereocenters. The van der Waals surface area contributed by atoms with Gasteiger partial charge in [-0.2, -0.15) is 5.10 Å². The van der Waals surface area contributed by atoms with Crippen molar-refractivity contribution in [2.24, 2.45) is 7.05 Å². The van der Waals surface area contributed by atoms with Gasteiger partial charge in [-0.25, -0.2) is 13.1 Å². The number of nitrogens with one attached hydrogen (secondary N) is 1. The van der Waals surface area contributed by atoms with Crippen molar-refractivity contribution >= 4 is 10.0 Å². The number of rotatable bonds is 2. The van der Waals surface area contributed by atoms with Gasteiger partial charge in [0.1, 0.15) is 0 Å². The summed E-state index contributed by atoms with van der Waals surface area (Å²) in [6, 6.07) is 1.44. The van der Waals surface area contributed by atoms with E-state index < -0.39 is 10.0 Å². The fourth-order valence-electron chi connectivity index (χ4n) is 0.642. The van der Waals surface area contributed by atoms with Crippen LogP contribution in [0.25, 0.3) is 0 Å². The highest BCUT2D eigenvalue weighted by Crippen LogP contribution is 2.01. The van der Waals surface area contributed by atoms with Gasteiger partial charge in [0.2, 0.25) is 0 Å². The van der Waals surface area contributed by atoms with Crippen molar-refractivity contribution in [2.45, 2.75) is 5.03 Å². The molecule has 0 bridgehead atoms. The Morgan fingerprint density at radius 1 is 1.64 bits per heavy atom. The summed E-state index contributed by atoms with van der Waals surface area (Å²) in [6.45, 7) is 0. The number of nitrogens with zero attached hydrogens (tertiary/aromatic N) is 2. The SMILES string of the molecule is CNS(=O)(=O)c1ccn(C)n1. The van der Waals surface area contributed by atoms with E-state index in [1.807, 2.05) is 0 Å². The predicted octanol–water partition coefficient (Wildman–Crippen LogP) is -0.672. The lowest BCUT2D eigenvalue weighted by molar-refractivity contribution is 0.580. The van der Waals surface area contributed by atoms with Crippen LogP contribution in [0.5, 0.6) is 0 Å². The second-order valence-corrected chi connectivity index (χ2v) is 3.87. The molecular weight excluding hydrogens is 166 g/mol. The van der Waals surface area contributed by atoms with Crippen molar-refractivity contribution < 1.29 is 8.42 Å². The Balaban J connectivity index is 3.13. The Morgan fingerprint density at radius 2 is 2.27 bits per heavy atom. The topological polar surface area (TPSA) is 64.0 Å². The molecule has 11 heavy (non-hydrogen) atoms. The molecule has 1 heterocycles. The molecule has 1 aromatic rings. The van der Waals surface area contributed by atoms with Gasteiger partial charge in [-0.1, -0.05) is 0 Å². The second-order valence-electron chi connectivity index (χ2n) is 2.04. The monoisotopic (exact) mass is 175 g/mol. The maximum atomic E-state index is 11.0. The lowest BCUT2D eigenvalue weighted by atomic mass is 10.7. The molecule has 6 heteroatoms. The Kier molecular flexibility index (Phi) is 1.97. The minimum absolute atomic E-state index is 0.0440. The van der Waals surface area contributed by atoms with Crippen molar-refractivity contribution in [3.8, 4) is 0 Å². The van der Waals surface area contributed by atoms with Gasteiger partial charge in [0.15, 0.2) is 5.03 Å². The summed E-state index contributed by atoms with van der Waals surface area (Å²) in [6.07, 6.45) is 1.57. The molecule has 62 valence electrons. The minimum atomic E-state index is -3.36. The van der Waals surface area contributed by atoms with Gasteiger partial charge in [-0.05, 0) is 13.1 Å². The van der Waals surface area contributed by atoms with Gasteiger partial charge in [0.25, 0.3) is 10.0 Å². The molecule has 0 unspecified atom stereocenters. The average Bonchev–Trinajstić information content (AvgIpc) is 2.36. The van der Waals surface area contributed by atoms with Crippen LogP contribution in [-0.2, 0) is 17.1 Å². The molecule has 0 aromatic carbocycles. The number of aromatic nitrogens is 2. The number of hydrogen-bond donors (Lipinski definition) is 1. The maximum absolute atomic E-state index is 11.0. The molecule has 0 aliphatic carbocycles. The summed E-state index contributed by atoms with van der Waals surface area (Å²) in [7, 11) is -0.347. The molecule has 1 aromatic heterocycles. The first-order valence-electron chi connectivity index (χ1n) is 2.99. The third-order valence-electron chi connectivity index (χ3n) is 1.23. The molecule has 0 saturated carbocycles. The largest absolute Gasteiger partial charge is 0.274 e. The first-order valence-corrected chi connectivity index (χ1v) is 4.48. The van der Waals surface area contributed by atoms with Crippen molar-refractivity contribution in [1.82, 2.24) is 14.5 Å². The lowest BCUT2D eigenvalue weighted by Gasteiger charge is -1.94. The summed E-state index contributed by atoms with van der Waals surface area (Å²) < 4.78 is 25.7. The van der Waals surface area contributed by atoms with Crippen LogP contribution < -0.4 is 4.72 Å². The van der Waals surface area contributed by atoms with Crippen LogP contribution in [0.3, 0.4) is 0 Å². The van der Waals surface area contributed by atoms with Crippen LogP contribution in [0.15, 0.2) is 17.3 Å². The van der Waals surface area contributed by atoms with Gasteiger partial charge in [-0.15, -0.1) is 0 Å². The third-order valence-corrected chi connectivity index (χ3v) is 2.54. The third kappa shape index (κ3) is 1.58. The van der Waals surface area contributed by atoms with Crippen LogP contribution in [-0.4, -0.2) is 25.2 Å². The number of aryl methyl sites for hydroxylation is 1. The molecule has 1 N–H and O–H groups in total. The van der Waals surface area contributed by atoms with Crippen molar-refractivity contribution in [3.63, 3.8) is 0 Å². The summed E-state index contributed by atoms with van der Waals surface area (Å²) in [5.41, 5.74) is 0. The fraction of sp³-hybridized carbons (Fsp3) is 0.400. The standard InChI is InChI=1S/C5H9N3O2S/c1-6-11(9,10)5-3-4-8(2)7-5/h3-4,6H,1-2H3. The van der Waals surface area contributed by atoms with Gasteiger partial charge in [0.05, 0.1) is 0 Å². The summed E-state index contributed by atoms with van der Waals surface area (Å²) in [5, 5.41) is 3.76. The van der Waals surface area contributed by atoms with Crippen molar-refractivity contribution in [2.75, 3.05) is 7.05 Å². The van der Waals surface area contributed by atoms with E-state index in [1.165, 1.54) is 17.8 Å². The lowest BCUT2D eigenvalue weighted by Crippen LogP contribution is -2.19. The molecule has 0 radical (unpaired) electrons. The van der Waals surface area contributed by atoms with E-state index in [9.17, 15) is 8.42 Å². The predicted molar refractivity (Wildman–Crippen MR) is 39.5 cm³/mol. The van der Waals surface area contributed by atoms with Gasteiger partial charge in [-0.3, -0.25) is 4.68 Å². The highest BCUT2D eigenvalue weighted by molar-refractivity contribution is 7.89. The van der Waals surface area contributed by atoms with Crippen molar-refractivity contribution in [1.29, 1.82) is 0 Å². The Hall–Kier alpha value is -0.880. The van der Waals surface area contributed by atoms with Gasteiger partial charge in [0, 0.05) is 13.2 Å². The number of sulfonamides is 1. The molecule has 1 rings (SSSR count). The van der Waals surface area contributed by atoms with E-state index in [0.29, 0.717) is 0 Å². The van der Waals surface area contributed by atoms with Crippen LogP contribution in [0.4, 0.5) is 0 Å². The van der Waals surface area contributed by atoms with E-state index in [0.717, 1.165) is 0 Å². The number of hydrogen-bond acceptors (Lipinski definition) is 3. The molecule has 0 fully saturated rings. The smallest absolute Gasteiger partial charge is 0.259 e. The maximum Gasteiger partial charge on any atom is 0.259 e.